The number of halogens is 1. The van der Waals surface area contributed by atoms with Gasteiger partial charge in [0.1, 0.15) is 5.75 Å². The first-order chi connectivity index (χ1) is 8.26. The predicted molar refractivity (Wildman–Crippen MR) is 70.5 cm³/mol. The van der Waals surface area contributed by atoms with Crippen LogP contribution >= 0.6 is 11.6 Å². The number of aryl methyl sites for hydroxylation is 1. The van der Waals surface area contributed by atoms with Crippen LogP contribution in [0.25, 0.3) is 11.3 Å². The molecule has 0 amide bonds. The van der Waals surface area contributed by atoms with Crippen molar-refractivity contribution < 1.29 is 4.74 Å². The van der Waals surface area contributed by atoms with Crippen molar-refractivity contribution in [2.75, 3.05) is 7.11 Å². The van der Waals surface area contributed by atoms with Crippen LogP contribution in [0.4, 0.5) is 0 Å². The summed E-state index contributed by atoms with van der Waals surface area (Å²) in [6.07, 6.45) is 0. The van der Waals surface area contributed by atoms with Gasteiger partial charge in [0.25, 0.3) is 0 Å². The molecule has 0 saturated heterocycles. The highest BCUT2D eigenvalue weighted by Crippen LogP contribution is 2.28. The van der Waals surface area contributed by atoms with Crippen LogP contribution in [0.15, 0.2) is 36.4 Å². The summed E-state index contributed by atoms with van der Waals surface area (Å²) in [4.78, 5) is 4.56. The van der Waals surface area contributed by atoms with Gasteiger partial charge < -0.3 is 4.74 Å². The Morgan fingerprint density at radius 3 is 2.59 bits per heavy atom. The highest BCUT2D eigenvalue weighted by atomic mass is 35.5. The van der Waals surface area contributed by atoms with E-state index in [0.29, 0.717) is 5.88 Å². The fourth-order valence-corrected chi connectivity index (χ4v) is 2.02. The number of hydrogen-bond donors (Lipinski definition) is 0. The number of nitrogens with zero attached hydrogens (tertiary/aromatic N) is 1. The molecule has 1 heterocycles. The zero-order valence-electron chi connectivity index (χ0n) is 9.90. The van der Waals surface area contributed by atoms with E-state index >= 15 is 0 Å². The summed E-state index contributed by atoms with van der Waals surface area (Å²) >= 11 is 5.82. The number of benzene rings is 1. The van der Waals surface area contributed by atoms with Gasteiger partial charge in [-0.2, -0.15) is 0 Å². The molecule has 88 valence electrons. The lowest BCUT2D eigenvalue weighted by atomic mass is 10.1. The smallest absolute Gasteiger partial charge is 0.128 e. The van der Waals surface area contributed by atoms with E-state index in [2.05, 4.69) is 4.98 Å². The highest BCUT2D eigenvalue weighted by Gasteiger charge is 2.07. The Morgan fingerprint density at radius 1 is 1.18 bits per heavy atom. The van der Waals surface area contributed by atoms with Gasteiger partial charge in [0.2, 0.25) is 0 Å². The molecular formula is C14H14ClNO. The van der Waals surface area contributed by atoms with E-state index in [9.17, 15) is 0 Å². The maximum atomic E-state index is 5.82. The summed E-state index contributed by atoms with van der Waals surface area (Å²) < 4.78 is 5.33. The molecule has 0 atom stereocenters. The van der Waals surface area contributed by atoms with E-state index in [0.717, 1.165) is 28.3 Å². The van der Waals surface area contributed by atoms with Crippen LogP contribution in [0, 0.1) is 6.92 Å². The number of alkyl halides is 1. The van der Waals surface area contributed by atoms with Gasteiger partial charge in [-0.15, -0.1) is 11.6 Å². The van der Waals surface area contributed by atoms with Gasteiger partial charge in [-0.25, -0.2) is 0 Å². The van der Waals surface area contributed by atoms with Crippen molar-refractivity contribution in [3.05, 3.63) is 47.7 Å². The second kappa shape index (κ2) is 5.19. The van der Waals surface area contributed by atoms with Gasteiger partial charge in [-0.1, -0.05) is 18.2 Å². The third-order valence-electron chi connectivity index (χ3n) is 2.72. The first-order valence-corrected chi connectivity index (χ1v) is 5.95. The molecule has 0 radical (unpaired) electrons. The molecule has 2 aromatic rings. The SMILES string of the molecule is COc1ccccc1-c1ccc(CCl)c(C)n1. The fourth-order valence-electron chi connectivity index (χ4n) is 1.74. The number of hydrogen-bond acceptors (Lipinski definition) is 2. The quantitative estimate of drug-likeness (QED) is 0.770. The lowest BCUT2D eigenvalue weighted by Gasteiger charge is -2.09. The van der Waals surface area contributed by atoms with E-state index < -0.39 is 0 Å². The number of methoxy groups -OCH3 is 1. The Hall–Kier alpha value is -1.54. The van der Waals surface area contributed by atoms with Crippen LogP contribution in [-0.4, -0.2) is 12.1 Å². The maximum absolute atomic E-state index is 5.82. The van der Waals surface area contributed by atoms with Gasteiger partial charge >= 0.3 is 0 Å². The average molecular weight is 248 g/mol. The molecule has 0 aliphatic carbocycles. The number of para-hydroxylation sites is 1. The van der Waals surface area contributed by atoms with Crippen LogP contribution in [0.1, 0.15) is 11.3 Å². The minimum absolute atomic E-state index is 0.491. The Morgan fingerprint density at radius 2 is 1.94 bits per heavy atom. The van der Waals surface area contributed by atoms with Crippen LogP contribution in [-0.2, 0) is 5.88 Å². The first kappa shape index (κ1) is 11.9. The lowest BCUT2D eigenvalue weighted by Crippen LogP contribution is -1.94. The molecule has 3 heteroatoms. The van der Waals surface area contributed by atoms with Crippen molar-refractivity contribution >= 4 is 11.6 Å². The van der Waals surface area contributed by atoms with E-state index in [1.54, 1.807) is 7.11 Å². The Bertz CT molecular complexity index is 525. The van der Waals surface area contributed by atoms with E-state index in [4.69, 9.17) is 16.3 Å². The monoisotopic (exact) mass is 247 g/mol. The van der Waals surface area contributed by atoms with Crippen molar-refractivity contribution in [3.63, 3.8) is 0 Å². The van der Waals surface area contributed by atoms with Crippen molar-refractivity contribution in [2.45, 2.75) is 12.8 Å². The Balaban J connectivity index is 2.49. The van der Waals surface area contributed by atoms with Crippen molar-refractivity contribution in [1.29, 1.82) is 0 Å². The molecule has 0 aliphatic rings. The van der Waals surface area contributed by atoms with Crippen LogP contribution in [0.2, 0.25) is 0 Å². The third kappa shape index (κ3) is 2.42. The normalized spacial score (nSPS) is 10.3. The predicted octanol–water partition coefficient (Wildman–Crippen LogP) is 3.80. The minimum Gasteiger partial charge on any atom is -0.496 e. The maximum Gasteiger partial charge on any atom is 0.128 e. The molecule has 1 aromatic carbocycles. The summed E-state index contributed by atoms with van der Waals surface area (Å²) in [7, 11) is 1.67. The van der Waals surface area contributed by atoms with Gasteiger partial charge in [0.05, 0.1) is 12.8 Å². The summed E-state index contributed by atoms with van der Waals surface area (Å²) in [5, 5.41) is 0. The molecule has 2 rings (SSSR count). The summed E-state index contributed by atoms with van der Waals surface area (Å²) in [6.45, 7) is 1.97. The molecular weight excluding hydrogens is 234 g/mol. The summed E-state index contributed by atoms with van der Waals surface area (Å²) in [5.41, 5.74) is 3.93. The van der Waals surface area contributed by atoms with E-state index in [1.165, 1.54) is 0 Å². The van der Waals surface area contributed by atoms with Gasteiger partial charge in [-0.3, -0.25) is 4.98 Å². The Labute approximate surface area is 106 Å². The van der Waals surface area contributed by atoms with Crippen LogP contribution < -0.4 is 4.74 Å². The first-order valence-electron chi connectivity index (χ1n) is 5.42. The van der Waals surface area contributed by atoms with Crippen LogP contribution in [0.5, 0.6) is 5.75 Å². The molecule has 0 aliphatic heterocycles. The number of rotatable bonds is 3. The van der Waals surface area contributed by atoms with Gasteiger partial charge in [0, 0.05) is 17.1 Å². The van der Waals surface area contributed by atoms with Crippen LogP contribution in [0.3, 0.4) is 0 Å². The number of pyridine rings is 1. The fraction of sp³-hybridized carbons (Fsp3) is 0.214. The Kier molecular flexibility index (Phi) is 3.64. The average Bonchev–Trinajstić information content (AvgIpc) is 2.38. The molecule has 0 unspecified atom stereocenters. The second-order valence-electron chi connectivity index (χ2n) is 3.77. The minimum atomic E-state index is 0.491. The molecule has 17 heavy (non-hydrogen) atoms. The molecule has 0 bridgehead atoms. The topological polar surface area (TPSA) is 22.1 Å². The molecule has 0 N–H and O–H groups in total. The highest BCUT2D eigenvalue weighted by molar-refractivity contribution is 6.17. The number of ether oxygens (including phenoxy) is 1. The standard InChI is InChI=1S/C14H14ClNO/c1-10-11(9-15)7-8-13(16-10)12-5-3-4-6-14(12)17-2/h3-8H,9H2,1-2H3. The lowest BCUT2D eigenvalue weighted by molar-refractivity contribution is 0.416. The number of aromatic nitrogens is 1. The van der Waals surface area contributed by atoms with Crippen molar-refractivity contribution in [3.8, 4) is 17.0 Å². The summed E-state index contributed by atoms with van der Waals surface area (Å²) in [5.74, 6) is 1.32. The largest absolute Gasteiger partial charge is 0.496 e. The molecule has 0 fully saturated rings. The van der Waals surface area contributed by atoms with Gasteiger partial charge in [-0.05, 0) is 30.7 Å². The van der Waals surface area contributed by atoms with E-state index in [-0.39, 0.29) is 0 Å². The molecule has 0 spiro atoms. The molecule has 0 saturated carbocycles. The van der Waals surface area contributed by atoms with Gasteiger partial charge in [0.15, 0.2) is 0 Å². The van der Waals surface area contributed by atoms with E-state index in [1.807, 2.05) is 43.3 Å². The second-order valence-corrected chi connectivity index (χ2v) is 4.04. The molecule has 1 aromatic heterocycles. The summed E-state index contributed by atoms with van der Waals surface area (Å²) in [6, 6.07) is 11.8. The van der Waals surface area contributed by atoms with Crippen molar-refractivity contribution in [2.24, 2.45) is 0 Å². The zero-order valence-corrected chi connectivity index (χ0v) is 10.7. The third-order valence-corrected chi connectivity index (χ3v) is 3.01. The molecule has 2 nitrogen and oxygen atoms in total. The van der Waals surface area contributed by atoms with Crippen molar-refractivity contribution in [1.82, 2.24) is 4.98 Å². The zero-order chi connectivity index (χ0) is 12.3.